The number of hydrogen-bond acceptors (Lipinski definition) is 2. The van der Waals surface area contributed by atoms with Crippen molar-refractivity contribution in [2.75, 3.05) is 6.61 Å². The Bertz CT molecular complexity index is 532. The van der Waals surface area contributed by atoms with Gasteiger partial charge < -0.3 is 5.11 Å². The average molecular weight is 328 g/mol. The molecule has 0 radical (unpaired) electrons. The van der Waals surface area contributed by atoms with Crippen molar-refractivity contribution in [3.8, 4) is 0 Å². The number of allylic oxidation sites excluding steroid dienone is 5. The minimum atomic E-state index is 0.162. The predicted molar refractivity (Wildman–Crippen MR) is 104 cm³/mol. The molecule has 132 valence electrons. The molecule has 0 aliphatic carbocycles. The van der Waals surface area contributed by atoms with Crippen molar-refractivity contribution in [3.63, 3.8) is 0 Å². The third kappa shape index (κ3) is 13.7. The van der Waals surface area contributed by atoms with E-state index in [-0.39, 0.29) is 6.61 Å². The predicted octanol–water partition coefficient (Wildman–Crippen LogP) is 5.90. The molecule has 24 heavy (non-hydrogen) atoms. The lowest BCUT2D eigenvalue weighted by Gasteiger charge is -2.00. The Morgan fingerprint density at radius 2 is 1.42 bits per heavy atom. The second kappa shape index (κ2) is 14.6. The van der Waals surface area contributed by atoms with E-state index in [0.717, 1.165) is 37.5 Å². The van der Waals surface area contributed by atoms with E-state index >= 15 is 0 Å². The highest BCUT2D eigenvalue weighted by atomic mass is 16.2. The average Bonchev–Trinajstić information content (AvgIpc) is 2.56. The van der Waals surface area contributed by atoms with Gasteiger partial charge in [0.15, 0.2) is 0 Å². The number of rotatable bonds is 8. The highest BCUT2D eigenvalue weighted by Crippen LogP contribution is 2.11. The molecule has 0 unspecified atom stereocenters. The molecule has 0 aliphatic rings. The summed E-state index contributed by atoms with van der Waals surface area (Å²) in [5, 5.41) is 8.72. The second-order valence-corrected chi connectivity index (χ2v) is 6.17. The van der Waals surface area contributed by atoms with E-state index in [1.807, 2.05) is 24.3 Å². The molecule has 0 bridgehead atoms. The minimum Gasteiger partial charge on any atom is -0.392 e. The molecule has 1 rings (SSSR count). The maximum Gasteiger partial charge on any atom is 0.150 e. The van der Waals surface area contributed by atoms with E-state index in [1.165, 1.54) is 16.7 Å². The second-order valence-electron chi connectivity index (χ2n) is 6.17. The number of carbonyl (C=O) groups excluding carboxylic acids is 1. The highest BCUT2D eigenvalue weighted by molar-refractivity contribution is 5.74. The molecule has 0 saturated carbocycles. The van der Waals surface area contributed by atoms with Crippen molar-refractivity contribution >= 4 is 6.29 Å². The molecular formula is C22H32O2. The van der Waals surface area contributed by atoms with Crippen molar-refractivity contribution in [2.45, 2.75) is 53.4 Å². The zero-order valence-corrected chi connectivity index (χ0v) is 15.6. The van der Waals surface area contributed by atoms with E-state index in [4.69, 9.17) is 5.11 Å². The normalized spacial score (nSPS) is 11.4. The van der Waals surface area contributed by atoms with Gasteiger partial charge in [0, 0.05) is 5.56 Å². The fourth-order valence-corrected chi connectivity index (χ4v) is 2.03. The number of aliphatic hydroxyl groups excluding tert-OH is 1. The molecule has 0 amide bonds. The molecule has 0 aromatic heterocycles. The van der Waals surface area contributed by atoms with Crippen molar-refractivity contribution < 1.29 is 9.90 Å². The Kier molecular flexibility index (Phi) is 13.5. The summed E-state index contributed by atoms with van der Waals surface area (Å²) in [7, 11) is 0. The molecule has 0 heterocycles. The zero-order chi connectivity index (χ0) is 18.2. The Hall–Kier alpha value is -1.93. The van der Waals surface area contributed by atoms with Crippen LogP contribution in [0, 0.1) is 0 Å². The van der Waals surface area contributed by atoms with E-state index in [9.17, 15) is 4.79 Å². The lowest BCUT2D eigenvalue weighted by molar-refractivity contribution is 0.112. The Balaban J connectivity index is 0.000000546. The minimum absolute atomic E-state index is 0.162. The zero-order valence-electron chi connectivity index (χ0n) is 15.6. The first kappa shape index (κ1) is 22.1. The van der Waals surface area contributed by atoms with Crippen molar-refractivity contribution in [1.82, 2.24) is 0 Å². The number of carbonyl (C=O) groups is 1. The third-order valence-electron chi connectivity index (χ3n) is 3.50. The molecule has 1 N–H and O–H groups in total. The molecule has 0 saturated heterocycles. The van der Waals surface area contributed by atoms with Crippen LogP contribution in [0.2, 0.25) is 0 Å². The number of hydrogen-bond donors (Lipinski definition) is 1. The summed E-state index contributed by atoms with van der Waals surface area (Å²) in [6.45, 7) is 8.71. The van der Waals surface area contributed by atoms with Crippen LogP contribution < -0.4 is 0 Å². The summed E-state index contributed by atoms with van der Waals surface area (Å²) in [6, 6.07) is 9.10. The number of benzene rings is 1. The topological polar surface area (TPSA) is 37.3 Å². The molecule has 0 fully saturated rings. The number of aliphatic hydroxyl groups is 1. The first-order valence-corrected chi connectivity index (χ1v) is 8.55. The van der Waals surface area contributed by atoms with E-state index in [2.05, 4.69) is 39.8 Å². The molecule has 2 heteroatoms. The van der Waals surface area contributed by atoms with Crippen LogP contribution in [0.15, 0.2) is 65.3 Å². The molecule has 0 atom stereocenters. The van der Waals surface area contributed by atoms with Crippen molar-refractivity contribution in [1.29, 1.82) is 0 Å². The van der Waals surface area contributed by atoms with Gasteiger partial charge in [0.1, 0.15) is 6.29 Å². The van der Waals surface area contributed by atoms with Gasteiger partial charge in [0.2, 0.25) is 0 Å². The standard InChI is InChI=1S/C15H26O.C7H6O/c1-13(2)7-5-8-14(3)9-6-10-15(4)11-12-16;8-6-7-4-2-1-3-5-7/h7,9,11,16H,5-6,8,10,12H2,1-4H3;1-6H. The van der Waals surface area contributed by atoms with Crippen LogP contribution in [0.5, 0.6) is 0 Å². The summed E-state index contributed by atoms with van der Waals surface area (Å²) in [6.07, 6.45) is 11.8. The van der Waals surface area contributed by atoms with Crippen LogP contribution in [0.1, 0.15) is 63.7 Å². The van der Waals surface area contributed by atoms with Crippen molar-refractivity contribution in [3.05, 3.63) is 70.8 Å². The third-order valence-corrected chi connectivity index (χ3v) is 3.50. The lowest BCUT2D eigenvalue weighted by atomic mass is 10.1. The number of aldehydes is 1. The van der Waals surface area contributed by atoms with Crippen LogP contribution in [-0.2, 0) is 0 Å². The smallest absolute Gasteiger partial charge is 0.150 e. The lowest BCUT2D eigenvalue weighted by Crippen LogP contribution is -1.82. The first-order chi connectivity index (χ1) is 11.5. The van der Waals surface area contributed by atoms with Gasteiger partial charge in [-0.25, -0.2) is 0 Å². The van der Waals surface area contributed by atoms with Crippen LogP contribution in [0.25, 0.3) is 0 Å². The van der Waals surface area contributed by atoms with Crippen molar-refractivity contribution in [2.24, 2.45) is 0 Å². The molecule has 1 aromatic rings. The van der Waals surface area contributed by atoms with E-state index in [0.29, 0.717) is 0 Å². The van der Waals surface area contributed by atoms with Gasteiger partial charge in [-0.05, 0) is 53.4 Å². The van der Waals surface area contributed by atoms with Crippen LogP contribution >= 0.6 is 0 Å². The van der Waals surface area contributed by atoms with Gasteiger partial charge in [-0.3, -0.25) is 4.79 Å². The molecule has 0 aliphatic heterocycles. The summed E-state index contributed by atoms with van der Waals surface area (Å²) >= 11 is 0. The highest BCUT2D eigenvalue weighted by Gasteiger charge is 1.91. The monoisotopic (exact) mass is 328 g/mol. The molecule has 2 nitrogen and oxygen atoms in total. The van der Waals surface area contributed by atoms with E-state index < -0.39 is 0 Å². The van der Waals surface area contributed by atoms with Gasteiger partial charge >= 0.3 is 0 Å². The largest absolute Gasteiger partial charge is 0.392 e. The fourth-order valence-electron chi connectivity index (χ4n) is 2.03. The van der Waals surface area contributed by atoms with Gasteiger partial charge in [0.05, 0.1) is 6.61 Å². The molecule has 0 spiro atoms. The Morgan fingerprint density at radius 1 is 0.875 bits per heavy atom. The maximum absolute atomic E-state index is 10.0. The van der Waals surface area contributed by atoms with Crippen LogP contribution in [-0.4, -0.2) is 18.0 Å². The van der Waals surface area contributed by atoms with Crippen LogP contribution in [0.3, 0.4) is 0 Å². The maximum atomic E-state index is 10.0. The molecule has 1 aromatic carbocycles. The summed E-state index contributed by atoms with van der Waals surface area (Å²) in [5.74, 6) is 0. The summed E-state index contributed by atoms with van der Waals surface area (Å²) in [5.41, 5.74) is 4.87. The van der Waals surface area contributed by atoms with Gasteiger partial charge in [-0.15, -0.1) is 0 Å². The van der Waals surface area contributed by atoms with Crippen LogP contribution in [0.4, 0.5) is 0 Å². The Labute approximate surface area is 147 Å². The fraction of sp³-hybridized carbons (Fsp3) is 0.409. The quantitative estimate of drug-likeness (QED) is 0.476. The molecular weight excluding hydrogens is 296 g/mol. The van der Waals surface area contributed by atoms with Gasteiger partial charge in [-0.2, -0.15) is 0 Å². The van der Waals surface area contributed by atoms with Gasteiger partial charge in [-0.1, -0.05) is 65.3 Å². The van der Waals surface area contributed by atoms with E-state index in [1.54, 1.807) is 12.1 Å². The summed E-state index contributed by atoms with van der Waals surface area (Å²) in [4.78, 5) is 10.0. The summed E-state index contributed by atoms with van der Waals surface area (Å²) < 4.78 is 0. The van der Waals surface area contributed by atoms with Gasteiger partial charge in [0.25, 0.3) is 0 Å². The SMILES string of the molecule is CC(C)=CCCC(C)=CCCC(C)=CCO.O=Cc1ccccc1. The Morgan fingerprint density at radius 3 is 1.88 bits per heavy atom. The first-order valence-electron chi connectivity index (χ1n) is 8.55.